The number of amides is 1. The predicted molar refractivity (Wildman–Crippen MR) is 77.4 cm³/mol. The molecule has 21 heavy (non-hydrogen) atoms. The topological polar surface area (TPSA) is 73.7 Å². The predicted octanol–water partition coefficient (Wildman–Crippen LogP) is 1.37. The fraction of sp³-hybridized carbons (Fsp3) is 0.533. The molecule has 112 valence electrons. The zero-order valence-corrected chi connectivity index (χ0v) is 11.9. The van der Waals surface area contributed by atoms with Crippen molar-refractivity contribution in [2.75, 3.05) is 24.5 Å². The third-order valence-electron chi connectivity index (χ3n) is 4.22. The molecule has 2 aliphatic rings. The van der Waals surface area contributed by atoms with Gasteiger partial charge in [0, 0.05) is 25.8 Å². The van der Waals surface area contributed by atoms with Gasteiger partial charge in [0.15, 0.2) is 0 Å². The first kappa shape index (κ1) is 13.9. The molecule has 0 radical (unpaired) electrons. The van der Waals surface area contributed by atoms with Crippen LogP contribution in [0, 0.1) is 0 Å². The van der Waals surface area contributed by atoms with Gasteiger partial charge in [-0.2, -0.15) is 0 Å². The summed E-state index contributed by atoms with van der Waals surface area (Å²) in [5, 5.41) is 9.15. The van der Waals surface area contributed by atoms with Crippen LogP contribution < -0.4 is 4.90 Å². The van der Waals surface area contributed by atoms with Gasteiger partial charge in [-0.25, -0.2) is 9.78 Å². The minimum atomic E-state index is -0.928. The first-order valence-corrected chi connectivity index (χ1v) is 7.41. The summed E-state index contributed by atoms with van der Waals surface area (Å²) in [7, 11) is 0. The largest absolute Gasteiger partial charge is 0.480 e. The van der Waals surface area contributed by atoms with Gasteiger partial charge in [-0.1, -0.05) is 0 Å². The van der Waals surface area contributed by atoms with E-state index in [1.807, 2.05) is 6.07 Å². The summed E-state index contributed by atoms with van der Waals surface area (Å²) < 4.78 is 0. The van der Waals surface area contributed by atoms with E-state index in [4.69, 9.17) is 5.11 Å². The highest BCUT2D eigenvalue weighted by Crippen LogP contribution is 2.22. The molecule has 0 aromatic carbocycles. The van der Waals surface area contributed by atoms with E-state index in [-0.39, 0.29) is 5.91 Å². The van der Waals surface area contributed by atoms with Crippen LogP contribution in [0.25, 0.3) is 0 Å². The van der Waals surface area contributed by atoms with Crippen molar-refractivity contribution in [3.63, 3.8) is 0 Å². The maximum absolute atomic E-state index is 12.4. The van der Waals surface area contributed by atoms with Gasteiger partial charge >= 0.3 is 5.97 Å². The van der Waals surface area contributed by atoms with Crippen molar-refractivity contribution in [3.05, 3.63) is 23.9 Å². The number of rotatable bonds is 3. The van der Waals surface area contributed by atoms with Gasteiger partial charge < -0.3 is 14.9 Å². The van der Waals surface area contributed by atoms with Gasteiger partial charge in [0.2, 0.25) is 0 Å². The summed E-state index contributed by atoms with van der Waals surface area (Å²) in [6.07, 6.45) is 5.18. The Morgan fingerprint density at radius 3 is 2.52 bits per heavy atom. The van der Waals surface area contributed by atoms with E-state index in [9.17, 15) is 9.59 Å². The average Bonchev–Trinajstić information content (AvgIpc) is 3.18. The molecule has 2 aliphatic heterocycles. The van der Waals surface area contributed by atoms with Crippen molar-refractivity contribution in [2.24, 2.45) is 0 Å². The monoisotopic (exact) mass is 289 g/mol. The summed E-state index contributed by atoms with van der Waals surface area (Å²) >= 11 is 0. The molecule has 0 bridgehead atoms. The molecule has 3 heterocycles. The SMILES string of the molecule is O=C(O)[C@H]1CCCN1C(=O)c1ccc(N2CCCC2)nc1. The van der Waals surface area contributed by atoms with Crippen LogP contribution in [0.15, 0.2) is 18.3 Å². The summed E-state index contributed by atoms with van der Waals surface area (Å²) in [4.78, 5) is 31.6. The number of likely N-dealkylation sites (tertiary alicyclic amines) is 1. The fourth-order valence-electron chi connectivity index (χ4n) is 3.08. The molecule has 6 nitrogen and oxygen atoms in total. The lowest BCUT2D eigenvalue weighted by Gasteiger charge is -2.22. The molecular weight excluding hydrogens is 270 g/mol. The van der Waals surface area contributed by atoms with Crippen LogP contribution in [-0.2, 0) is 4.79 Å². The van der Waals surface area contributed by atoms with E-state index in [1.165, 1.54) is 17.7 Å². The minimum absolute atomic E-state index is 0.236. The summed E-state index contributed by atoms with van der Waals surface area (Å²) in [5.74, 6) is -0.275. The van der Waals surface area contributed by atoms with Crippen LogP contribution in [0.5, 0.6) is 0 Å². The molecule has 1 atom stereocenters. The second-order valence-electron chi connectivity index (χ2n) is 5.59. The molecule has 3 rings (SSSR count). The van der Waals surface area contributed by atoms with Crippen LogP contribution in [-0.4, -0.2) is 52.5 Å². The molecule has 0 saturated carbocycles. The van der Waals surface area contributed by atoms with Gasteiger partial charge in [-0.05, 0) is 37.8 Å². The fourth-order valence-corrected chi connectivity index (χ4v) is 3.08. The number of carbonyl (C=O) groups is 2. The van der Waals surface area contributed by atoms with Gasteiger partial charge in [-0.15, -0.1) is 0 Å². The highest BCUT2D eigenvalue weighted by molar-refractivity contribution is 5.96. The lowest BCUT2D eigenvalue weighted by atomic mass is 10.2. The third-order valence-corrected chi connectivity index (χ3v) is 4.22. The van der Waals surface area contributed by atoms with Crippen LogP contribution in [0.3, 0.4) is 0 Å². The second kappa shape index (κ2) is 5.71. The molecule has 1 aromatic heterocycles. The normalized spacial score (nSPS) is 21.8. The van der Waals surface area contributed by atoms with E-state index in [0.29, 0.717) is 18.5 Å². The Hall–Kier alpha value is -2.11. The zero-order valence-electron chi connectivity index (χ0n) is 11.9. The first-order chi connectivity index (χ1) is 10.2. The van der Waals surface area contributed by atoms with Crippen LogP contribution in [0.1, 0.15) is 36.0 Å². The lowest BCUT2D eigenvalue weighted by Crippen LogP contribution is -2.40. The molecule has 0 spiro atoms. The highest BCUT2D eigenvalue weighted by atomic mass is 16.4. The second-order valence-corrected chi connectivity index (χ2v) is 5.59. The number of carboxylic acid groups (broad SMARTS) is 1. The van der Waals surface area contributed by atoms with Crippen molar-refractivity contribution in [3.8, 4) is 0 Å². The molecule has 2 saturated heterocycles. The number of carbonyl (C=O) groups excluding carboxylic acids is 1. The summed E-state index contributed by atoms with van der Waals surface area (Å²) in [6.45, 7) is 2.52. The maximum Gasteiger partial charge on any atom is 0.326 e. The maximum atomic E-state index is 12.4. The molecule has 0 unspecified atom stereocenters. The number of aliphatic carboxylic acids is 1. The van der Waals surface area contributed by atoms with Crippen LogP contribution in [0.4, 0.5) is 5.82 Å². The number of aromatic nitrogens is 1. The highest BCUT2D eigenvalue weighted by Gasteiger charge is 2.34. The van der Waals surface area contributed by atoms with Crippen LogP contribution >= 0.6 is 0 Å². The Kier molecular flexibility index (Phi) is 3.77. The number of hydrogen-bond acceptors (Lipinski definition) is 4. The summed E-state index contributed by atoms with van der Waals surface area (Å²) in [6, 6.07) is 2.90. The Morgan fingerprint density at radius 2 is 1.90 bits per heavy atom. The van der Waals surface area contributed by atoms with Crippen molar-refractivity contribution >= 4 is 17.7 Å². The minimum Gasteiger partial charge on any atom is -0.480 e. The number of nitrogens with zero attached hydrogens (tertiary/aromatic N) is 3. The quantitative estimate of drug-likeness (QED) is 0.909. The summed E-state index contributed by atoms with van der Waals surface area (Å²) in [5.41, 5.74) is 0.464. The Morgan fingerprint density at radius 1 is 1.14 bits per heavy atom. The van der Waals surface area contributed by atoms with Crippen molar-refractivity contribution in [2.45, 2.75) is 31.7 Å². The van der Waals surface area contributed by atoms with Crippen molar-refractivity contribution < 1.29 is 14.7 Å². The lowest BCUT2D eigenvalue weighted by molar-refractivity contribution is -0.141. The third kappa shape index (κ3) is 2.70. The van der Waals surface area contributed by atoms with Crippen molar-refractivity contribution in [1.29, 1.82) is 0 Å². The number of pyridine rings is 1. The Balaban J connectivity index is 1.74. The van der Waals surface area contributed by atoms with Gasteiger partial charge in [-0.3, -0.25) is 4.79 Å². The molecule has 6 heteroatoms. The number of hydrogen-bond donors (Lipinski definition) is 1. The van der Waals surface area contributed by atoms with E-state index in [2.05, 4.69) is 9.88 Å². The number of carboxylic acids is 1. The Bertz CT molecular complexity index is 538. The molecule has 1 amide bonds. The molecule has 1 N–H and O–H groups in total. The average molecular weight is 289 g/mol. The Labute approximate surface area is 123 Å². The molecule has 1 aromatic rings. The smallest absolute Gasteiger partial charge is 0.326 e. The van der Waals surface area contributed by atoms with E-state index >= 15 is 0 Å². The van der Waals surface area contributed by atoms with E-state index < -0.39 is 12.0 Å². The molecular formula is C15H19N3O3. The van der Waals surface area contributed by atoms with E-state index in [1.54, 1.807) is 12.3 Å². The van der Waals surface area contributed by atoms with Crippen LogP contribution in [0.2, 0.25) is 0 Å². The first-order valence-electron chi connectivity index (χ1n) is 7.41. The standard InChI is InChI=1S/C15H19N3O3/c19-14(18-9-3-4-12(18)15(20)21)11-5-6-13(16-10-11)17-7-1-2-8-17/h5-6,10,12H,1-4,7-9H2,(H,20,21)/t12-/m1/s1. The molecule has 0 aliphatic carbocycles. The van der Waals surface area contributed by atoms with Gasteiger partial charge in [0.25, 0.3) is 5.91 Å². The number of anilines is 1. The van der Waals surface area contributed by atoms with E-state index in [0.717, 1.165) is 25.3 Å². The van der Waals surface area contributed by atoms with Gasteiger partial charge in [0.05, 0.1) is 5.56 Å². The van der Waals surface area contributed by atoms with Gasteiger partial charge in [0.1, 0.15) is 11.9 Å². The van der Waals surface area contributed by atoms with Crippen molar-refractivity contribution in [1.82, 2.24) is 9.88 Å². The zero-order chi connectivity index (χ0) is 14.8. The molecule has 2 fully saturated rings.